The van der Waals surface area contributed by atoms with E-state index in [4.69, 9.17) is 0 Å². The molecule has 1 aromatic heterocycles. The van der Waals surface area contributed by atoms with Crippen LogP contribution in [0, 0.1) is 18.6 Å². The summed E-state index contributed by atoms with van der Waals surface area (Å²) in [6.07, 6.45) is 4.93. The average molecular weight is 290 g/mol. The van der Waals surface area contributed by atoms with Crippen LogP contribution in [0.3, 0.4) is 0 Å². The van der Waals surface area contributed by atoms with Gasteiger partial charge in [0.2, 0.25) is 0 Å². The second kappa shape index (κ2) is 7.27. The quantitative estimate of drug-likeness (QED) is 0.871. The number of rotatable bonds is 6. The molecule has 112 valence electrons. The summed E-state index contributed by atoms with van der Waals surface area (Å²) in [4.78, 5) is 4.19. The molecule has 0 radical (unpaired) electrons. The first-order chi connectivity index (χ1) is 10.1. The number of hydrogen-bond donors (Lipinski definition) is 1. The van der Waals surface area contributed by atoms with Crippen molar-refractivity contribution >= 4 is 0 Å². The van der Waals surface area contributed by atoms with Crippen molar-refractivity contribution < 1.29 is 8.78 Å². The summed E-state index contributed by atoms with van der Waals surface area (Å²) in [6.45, 7) is 4.85. The van der Waals surface area contributed by atoms with E-state index in [2.05, 4.69) is 17.2 Å². The van der Waals surface area contributed by atoms with E-state index in [1.165, 1.54) is 0 Å². The number of aryl methyl sites for hydroxylation is 1. The SMILES string of the molecule is CCCNC(Cc1cccc(F)c1F)c1cncc(C)c1. The number of nitrogens with zero attached hydrogens (tertiary/aromatic N) is 1. The lowest BCUT2D eigenvalue weighted by Crippen LogP contribution is -2.24. The largest absolute Gasteiger partial charge is 0.310 e. The van der Waals surface area contributed by atoms with Crippen molar-refractivity contribution in [3.8, 4) is 0 Å². The summed E-state index contributed by atoms with van der Waals surface area (Å²) >= 11 is 0. The highest BCUT2D eigenvalue weighted by Gasteiger charge is 2.16. The smallest absolute Gasteiger partial charge is 0.162 e. The Morgan fingerprint density at radius 2 is 2.05 bits per heavy atom. The fraction of sp³-hybridized carbons (Fsp3) is 0.353. The maximum absolute atomic E-state index is 13.9. The molecule has 4 heteroatoms. The maximum Gasteiger partial charge on any atom is 0.162 e. The van der Waals surface area contributed by atoms with Gasteiger partial charge in [-0.2, -0.15) is 0 Å². The van der Waals surface area contributed by atoms with Crippen LogP contribution < -0.4 is 5.32 Å². The number of halogens is 2. The number of hydrogen-bond acceptors (Lipinski definition) is 2. The average Bonchev–Trinajstić information content (AvgIpc) is 2.47. The lowest BCUT2D eigenvalue weighted by molar-refractivity contribution is 0.476. The van der Waals surface area contributed by atoms with Crippen LogP contribution >= 0.6 is 0 Å². The second-order valence-corrected chi connectivity index (χ2v) is 5.22. The van der Waals surface area contributed by atoms with Crippen molar-refractivity contribution in [2.75, 3.05) is 6.54 Å². The first-order valence-electron chi connectivity index (χ1n) is 7.19. The van der Waals surface area contributed by atoms with Gasteiger partial charge in [-0.05, 0) is 49.1 Å². The van der Waals surface area contributed by atoms with Crippen LogP contribution in [-0.2, 0) is 6.42 Å². The Kier molecular flexibility index (Phi) is 5.39. The van der Waals surface area contributed by atoms with Crippen molar-refractivity contribution in [3.63, 3.8) is 0 Å². The lowest BCUT2D eigenvalue weighted by atomic mass is 9.98. The van der Waals surface area contributed by atoms with E-state index in [9.17, 15) is 8.78 Å². The van der Waals surface area contributed by atoms with Gasteiger partial charge in [-0.1, -0.05) is 25.1 Å². The van der Waals surface area contributed by atoms with Gasteiger partial charge in [-0.3, -0.25) is 4.98 Å². The van der Waals surface area contributed by atoms with Crippen molar-refractivity contribution in [1.29, 1.82) is 0 Å². The third-order valence-electron chi connectivity index (χ3n) is 3.39. The molecule has 1 heterocycles. The van der Waals surface area contributed by atoms with Gasteiger partial charge in [0.05, 0.1) is 0 Å². The first kappa shape index (κ1) is 15.6. The van der Waals surface area contributed by atoms with E-state index in [1.807, 2.05) is 13.0 Å². The molecule has 0 aliphatic carbocycles. The number of aromatic nitrogens is 1. The maximum atomic E-state index is 13.9. The van der Waals surface area contributed by atoms with E-state index < -0.39 is 11.6 Å². The van der Waals surface area contributed by atoms with Gasteiger partial charge in [-0.25, -0.2) is 8.78 Å². The molecule has 0 spiro atoms. The van der Waals surface area contributed by atoms with Crippen LogP contribution in [0.15, 0.2) is 36.7 Å². The molecule has 2 nitrogen and oxygen atoms in total. The van der Waals surface area contributed by atoms with Crippen molar-refractivity contribution in [2.45, 2.75) is 32.7 Å². The summed E-state index contributed by atoms with van der Waals surface area (Å²) in [5, 5.41) is 3.38. The molecule has 1 unspecified atom stereocenters. The molecule has 0 saturated heterocycles. The number of benzene rings is 1. The normalized spacial score (nSPS) is 12.4. The molecule has 0 aliphatic heterocycles. The van der Waals surface area contributed by atoms with Gasteiger partial charge in [0, 0.05) is 18.4 Å². The standard InChI is InChI=1S/C17H20F2N2/c1-3-7-21-16(14-8-12(2)10-20-11-14)9-13-5-4-6-15(18)17(13)19/h4-6,8,10-11,16,21H,3,7,9H2,1-2H3. The fourth-order valence-electron chi connectivity index (χ4n) is 2.32. The van der Waals surface area contributed by atoms with Crippen molar-refractivity contribution in [3.05, 3.63) is 65.0 Å². The van der Waals surface area contributed by atoms with Gasteiger partial charge >= 0.3 is 0 Å². The van der Waals surface area contributed by atoms with Gasteiger partial charge < -0.3 is 5.32 Å². The summed E-state index contributed by atoms with van der Waals surface area (Å²) in [6, 6.07) is 6.26. The van der Waals surface area contributed by atoms with Crippen LogP contribution in [0.5, 0.6) is 0 Å². The molecule has 0 fully saturated rings. The Bertz CT molecular complexity index is 599. The molecular formula is C17H20F2N2. The van der Waals surface area contributed by atoms with Crippen molar-refractivity contribution in [1.82, 2.24) is 10.3 Å². The van der Waals surface area contributed by atoms with E-state index in [0.29, 0.717) is 12.0 Å². The minimum atomic E-state index is -0.802. The highest BCUT2D eigenvalue weighted by Crippen LogP contribution is 2.21. The van der Waals surface area contributed by atoms with E-state index in [-0.39, 0.29) is 6.04 Å². The highest BCUT2D eigenvalue weighted by atomic mass is 19.2. The zero-order chi connectivity index (χ0) is 15.2. The third kappa shape index (κ3) is 4.08. The fourth-order valence-corrected chi connectivity index (χ4v) is 2.32. The van der Waals surface area contributed by atoms with E-state index >= 15 is 0 Å². The van der Waals surface area contributed by atoms with E-state index in [0.717, 1.165) is 30.2 Å². The topological polar surface area (TPSA) is 24.9 Å². The Morgan fingerprint density at radius 3 is 2.76 bits per heavy atom. The van der Waals surface area contributed by atoms with Gasteiger partial charge in [-0.15, -0.1) is 0 Å². The number of nitrogens with one attached hydrogen (secondary N) is 1. The molecule has 1 aromatic carbocycles. The predicted molar refractivity (Wildman–Crippen MR) is 80.1 cm³/mol. The lowest BCUT2D eigenvalue weighted by Gasteiger charge is -2.19. The Morgan fingerprint density at radius 1 is 1.24 bits per heavy atom. The molecule has 0 bridgehead atoms. The molecule has 21 heavy (non-hydrogen) atoms. The summed E-state index contributed by atoms with van der Waals surface area (Å²) in [5.74, 6) is -1.56. The Hall–Kier alpha value is -1.81. The molecule has 0 amide bonds. The molecule has 2 rings (SSSR count). The van der Waals surface area contributed by atoms with Crippen molar-refractivity contribution in [2.24, 2.45) is 0 Å². The molecule has 0 saturated carbocycles. The molecule has 2 aromatic rings. The number of pyridine rings is 1. The van der Waals surface area contributed by atoms with Gasteiger partial charge in [0.25, 0.3) is 0 Å². The van der Waals surface area contributed by atoms with Crippen LogP contribution in [-0.4, -0.2) is 11.5 Å². The summed E-state index contributed by atoms with van der Waals surface area (Å²) in [7, 11) is 0. The second-order valence-electron chi connectivity index (χ2n) is 5.22. The first-order valence-corrected chi connectivity index (χ1v) is 7.19. The summed E-state index contributed by atoms with van der Waals surface area (Å²) in [5.41, 5.74) is 2.42. The Balaban J connectivity index is 2.26. The zero-order valence-electron chi connectivity index (χ0n) is 12.4. The molecule has 1 N–H and O–H groups in total. The van der Waals surface area contributed by atoms with Crippen LogP contribution in [0.1, 0.15) is 36.1 Å². The predicted octanol–water partition coefficient (Wildman–Crippen LogP) is 3.95. The van der Waals surface area contributed by atoms with Crippen LogP contribution in [0.25, 0.3) is 0 Å². The minimum Gasteiger partial charge on any atom is -0.310 e. The zero-order valence-corrected chi connectivity index (χ0v) is 12.4. The third-order valence-corrected chi connectivity index (χ3v) is 3.39. The van der Waals surface area contributed by atoms with Gasteiger partial charge in [0.1, 0.15) is 0 Å². The minimum absolute atomic E-state index is 0.0753. The van der Waals surface area contributed by atoms with Gasteiger partial charge in [0.15, 0.2) is 11.6 Å². The molecular weight excluding hydrogens is 270 g/mol. The monoisotopic (exact) mass is 290 g/mol. The Labute approximate surface area is 124 Å². The molecule has 0 aliphatic rings. The summed E-state index contributed by atoms with van der Waals surface area (Å²) < 4.78 is 27.2. The highest BCUT2D eigenvalue weighted by molar-refractivity contribution is 5.25. The van der Waals surface area contributed by atoms with Crippen LogP contribution in [0.2, 0.25) is 0 Å². The van der Waals surface area contributed by atoms with E-state index in [1.54, 1.807) is 24.5 Å². The molecule has 1 atom stereocenters. The van der Waals surface area contributed by atoms with Crippen LogP contribution in [0.4, 0.5) is 8.78 Å².